The van der Waals surface area contributed by atoms with E-state index < -0.39 is 6.09 Å². The average molecular weight is 375 g/mol. The van der Waals surface area contributed by atoms with Crippen LogP contribution in [-0.4, -0.2) is 70.3 Å². The van der Waals surface area contributed by atoms with Gasteiger partial charge in [-0.3, -0.25) is 10.2 Å². The lowest BCUT2D eigenvalue weighted by Gasteiger charge is -2.26. The number of ether oxygens (including phenoxy) is 4. The fraction of sp³-hybridized carbons (Fsp3) is 0.588. The third kappa shape index (κ3) is 8.92. The number of amides is 1. The summed E-state index contributed by atoms with van der Waals surface area (Å²) in [4.78, 5) is 13.9. The van der Waals surface area contributed by atoms with Crippen molar-refractivity contribution >= 4 is 24.2 Å². The molecule has 0 aromatic heterocycles. The minimum absolute atomic E-state index is 0. The van der Waals surface area contributed by atoms with Crippen molar-refractivity contribution in [2.24, 2.45) is 0 Å². The first-order valence-electron chi connectivity index (χ1n) is 8.32. The quantitative estimate of drug-likeness (QED) is 0.669. The van der Waals surface area contributed by atoms with E-state index in [9.17, 15) is 4.79 Å². The fourth-order valence-corrected chi connectivity index (χ4v) is 2.24. The van der Waals surface area contributed by atoms with E-state index in [4.69, 9.17) is 18.9 Å². The number of hydrogen-bond acceptors (Lipinski definition) is 6. The molecule has 142 valence electrons. The molecule has 0 atom stereocenters. The lowest BCUT2D eigenvalue weighted by Crippen LogP contribution is -2.38. The van der Waals surface area contributed by atoms with Gasteiger partial charge in [-0.05, 0) is 31.2 Å². The molecule has 1 N–H and O–H groups in total. The molecule has 1 saturated heterocycles. The summed E-state index contributed by atoms with van der Waals surface area (Å²) >= 11 is 0. The third-order valence-electron chi connectivity index (χ3n) is 3.55. The van der Waals surface area contributed by atoms with Gasteiger partial charge in [-0.25, -0.2) is 4.79 Å². The summed E-state index contributed by atoms with van der Waals surface area (Å²) < 4.78 is 21.1. The molecule has 1 aliphatic rings. The first kappa shape index (κ1) is 21.5. The van der Waals surface area contributed by atoms with Crippen LogP contribution in [0.25, 0.3) is 0 Å². The van der Waals surface area contributed by atoms with Crippen molar-refractivity contribution in [1.29, 1.82) is 0 Å². The molecule has 1 aromatic carbocycles. The molecule has 1 aliphatic heterocycles. The molecule has 1 aromatic rings. The Balaban J connectivity index is 0.00000312. The van der Waals surface area contributed by atoms with Crippen LogP contribution in [0.5, 0.6) is 5.75 Å². The second-order valence-electron chi connectivity index (χ2n) is 5.28. The maximum atomic E-state index is 11.6. The van der Waals surface area contributed by atoms with Gasteiger partial charge in [0.15, 0.2) is 0 Å². The highest BCUT2D eigenvalue weighted by atomic mass is 35.5. The van der Waals surface area contributed by atoms with Crippen LogP contribution in [0.2, 0.25) is 0 Å². The predicted octanol–water partition coefficient (Wildman–Crippen LogP) is 2.40. The number of nitrogens with zero attached hydrogens (tertiary/aromatic N) is 1. The van der Waals surface area contributed by atoms with Crippen LogP contribution >= 0.6 is 12.4 Å². The molecule has 7 nitrogen and oxygen atoms in total. The van der Waals surface area contributed by atoms with E-state index in [1.807, 2.05) is 19.1 Å². The van der Waals surface area contributed by atoms with Crippen LogP contribution in [0.4, 0.5) is 10.5 Å². The Morgan fingerprint density at radius 3 is 2.56 bits per heavy atom. The van der Waals surface area contributed by atoms with Gasteiger partial charge in [0.05, 0.1) is 19.8 Å². The Labute approximate surface area is 155 Å². The highest BCUT2D eigenvalue weighted by molar-refractivity contribution is 5.85. The van der Waals surface area contributed by atoms with Gasteiger partial charge in [0, 0.05) is 31.9 Å². The number of carbonyl (C=O) groups is 1. The lowest BCUT2D eigenvalue weighted by atomic mass is 10.3. The van der Waals surface area contributed by atoms with Gasteiger partial charge in [-0.15, -0.1) is 12.4 Å². The summed E-state index contributed by atoms with van der Waals surface area (Å²) in [5.41, 5.74) is 0.664. The Kier molecular flexibility index (Phi) is 11.0. The molecule has 1 heterocycles. The highest BCUT2D eigenvalue weighted by Crippen LogP contribution is 2.16. The van der Waals surface area contributed by atoms with E-state index in [0.29, 0.717) is 25.5 Å². The molecule has 0 aliphatic carbocycles. The van der Waals surface area contributed by atoms with Crippen LogP contribution in [0.1, 0.15) is 6.92 Å². The number of morpholine rings is 1. The Hall–Kier alpha value is -1.54. The molecular weight excluding hydrogens is 348 g/mol. The molecule has 0 unspecified atom stereocenters. The summed E-state index contributed by atoms with van der Waals surface area (Å²) in [7, 11) is 0. The molecule has 0 spiro atoms. The third-order valence-corrected chi connectivity index (χ3v) is 3.55. The minimum Gasteiger partial charge on any atom is -0.492 e. The zero-order valence-corrected chi connectivity index (χ0v) is 15.4. The SMILES string of the molecule is CCOCCOC(=O)Nc1ccc(OCCN2CCOCC2)cc1.Cl. The van der Waals surface area contributed by atoms with E-state index in [0.717, 1.165) is 38.6 Å². The van der Waals surface area contributed by atoms with Crippen molar-refractivity contribution in [1.82, 2.24) is 4.90 Å². The maximum Gasteiger partial charge on any atom is 0.411 e. The van der Waals surface area contributed by atoms with Gasteiger partial charge in [0.25, 0.3) is 0 Å². The van der Waals surface area contributed by atoms with Crippen LogP contribution in [0.3, 0.4) is 0 Å². The molecule has 0 radical (unpaired) electrons. The smallest absolute Gasteiger partial charge is 0.411 e. The predicted molar refractivity (Wildman–Crippen MR) is 97.9 cm³/mol. The lowest BCUT2D eigenvalue weighted by molar-refractivity contribution is 0.0322. The van der Waals surface area contributed by atoms with Crippen LogP contribution in [0, 0.1) is 0 Å². The van der Waals surface area contributed by atoms with Gasteiger partial charge in [0.2, 0.25) is 0 Å². The summed E-state index contributed by atoms with van der Waals surface area (Å²) in [5, 5.41) is 2.66. The zero-order valence-electron chi connectivity index (χ0n) is 14.6. The van der Waals surface area contributed by atoms with E-state index in [-0.39, 0.29) is 19.0 Å². The molecule has 25 heavy (non-hydrogen) atoms. The van der Waals surface area contributed by atoms with Crippen molar-refractivity contribution in [3.63, 3.8) is 0 Å². The van der Waals surface area contributed by atoms with Gasteiger partial charge >= 0.3 is 6.09 Å². The molecule has 1 fully saturated rings. The van der Waals surface area contributed by atoms with E-state index in [1.54, 1.807) is 12.1 Å². The average Bonchev–Trinajstić information content (AvgIpc) is 2.61. The van der Waals surface area contributed by atoms with Gasteiger partial charge in [-0.1, -0.05) is 0 Å². The monoisotopic (exact) mass is 374 g/mol. The summed E-state index contributed by atoms with van der Waals surface area (Å²) in [6.45, 7) is 8.16. The second-order valence-corrected chi connectivity index (χ2v) is 5.28. The largest absolute Gasteiger partial charge is 0.492 e. The highest BCUT2D eigenvalue weighted by Gasteiger charge is 2.09. The first-order valence-corrected chi connectivity index (χ1v) is 8.32. The van der Waals surface area contributed by atoms with Crippen molar-refractivity contribution in [2.45, 2.75) is 6.92 Å². The number of anilines is 1. The normalized spacial score (nSPS) is 14.4. The number of nitrogens with one attached hydrogen (secondary N) is 1. The zero-order chi connectivity index (χ0) is 17.0. The minimum atomic E-state index is -0.490. The van der Waals surface area contributed by atoms with E-state index >= 15 is 0 Å². The maximum absolute atomic E-state index is 11.6. The molecule has 0 saturated carbocycles. The van der Waals surface area contributed by atoms with Crippen LogP contribution < -0.4 is 10.1 Å². The summed E-state index contributed by atoms with van der Waals surface area (Å²) in [5.74, 6) is 0.776. The summed E-state index contributed by atoms with van der Waals surface area (Å²) in [6, 6.07) is 7.23. The Morgan fingerprint density at radius 2 is 1.88 bits per heavy atom. The van der Waals surface area contributed by atoms with Crippen molar-refractivity contribution in [3.05, 3.63) is 24.3 Å². The molecule has 2 rings (SSSR count). The molecule has 0 bridgehead atoms. The van der Waals surface area contributed by atoms with Gasteiger partial charge < -0.3 is 18.9 Å². The molecular formula is C17H27ClN2O5. The number of carbonyl (C=O) groups excluding carboxylic acids is 1. The first-order chi connectivity index (χ1) is 11.8. The van der Waals surface area contributed by atoms with Crippen LogP contribution in [-0.2, 0) is 14.2 Å². The fourth-order valence-electron chi connectivity index (χ4n) is 2.24. The van der Waals surface area contributed by atoms with Gasteiger partial charge in [0.1, 0.15) is 19.0 Å². The van der Waals surface area contributed by atoms with Crippen molar-refractivity contribution in [3.8, 4) is 5.75 Å². The molecule has 8 heteroatoms. The Morgan fingerprint density at radius 1 is 1.16 bits per heavy atom. The Bertz CT molecular complexity index is 480. The summed E-state index contributed by atoms with van der Waals surface area (Å²) in [6.07, 6.45) is -0.490. The molecule has 1 amide bonds. The van der Waals surface area contributed by atoms with Crippen molar-refractivity contribution in [2.75, 3.05) is 64.6 Å². The standard InChI is InChI=1S/C17H26N2O5.ClH/c1-2-21-13-14-24-17(20)18-15-3-5-16(6-4-15)23-12-9-19-7-10-22-11-8-19;/h3-6H,2,7-14H2,1H3,(H,18,20);1H. The number of rotatable bonds is 9. The topological polar surface area (TPSA) is 69.3 Å². The van der Waals surface area contributed by atoms with Crippen molar-refractivity contribution < 1.29 is 23.7 Å². The van der Waals surface area contributed by atoms with E-state index in [2.05, 4.69) is 10.2 Å². The number of halogens is 1. The number of hydrogen-bond donors (Lipinski definition) is 1. The van der Waals surface area contributed by atoms with Gasteiger partial charge in [-0.2, -0.15) is 0 Å². The van der Waals surface area contributed by atoms with E-state index in [1.165, 1.54) is 0 Å². The second kappa shape index (κ2) is 12.8. The number of benzene rings is 1. The van der Waals surface area contributed by atoms with Crippen LogP contribution in [0.15, 0.2) is 24.3 Å².